The van der Waals surface area contributed by atoms with Crippen molar-refractivity contribution in [2.45, 2.75) is 6.92 Å². The van der Waals surface area contributed by atoms with Crippen molar-refractivity contribution in [3.05, 3.63) is 22.7 Å². The van der Waals surface area contributed by atoms with Crippen LogP contribution in [0.1, 0.15) is 12.5 Å². The summed E-state index contributed by atoms with van der Waals surface area (Å²) in [5, 5.41) is 7.90. The summed E-state index contributed by atoms with van der Waals surface area (Å²) in [6, 6.07) is 3.35. The molecule has 0 heterocycles. The normalized spacial score (nSPS) is 10.4. The third-order valence-electron chi connectivity index (χ3n) is 2.18. The summed E-state index contributed by atoms with van der Waals surface area (Å²) in [6.07, 6.45) is 0. The lowest BCUT2D eigenvalue weighted by Crippen LogP contribution is -2.22. The highest BCUT2D eigenvalue weighted by molar-refractivity contribution is 6.32. The Morgan fingerprint density at radius 3 is 2.16 bits per heavy atom. The van der Waals surface area contributed by atoms with Crippen molar-refractivity contribution in [3.8, 4) is 11.5 Å². The summed E-state index contributed by atoms with van der Waals surface area (Å²) >= 11 is 6.04. The number of hydrogen-bond acceptors (Lipinski definition) is 4. The quantitative estimate of drug-likeness (QED) is 0.503. The second kappa shape index (κ2) is 7.70. The fourth-order valence-electron chi connectivity index (χ4n) is 1.33. The predicted molar refractivity (Wildman–Crippen MR) is 79.8 cm³/mol. The molecule has 1 aromatic rings. The maximum atomic E-state index is 6.04. The van der Waals surface area contributed by atoms with Crippen LogP contribution in [0.25, 0.3) is 0 Å². The molecule has 1 aromatic carbocycles. The Morgan fingerprint density at radius 1 is 1.11 bits per heavy atom. The van der Waals surface area contributed by atoms with E-state index in [1.54, 1.807) is 26.2 Å². The van der Waals surface area contributed by atoms with Crippen LogP contribution in [0.4, 0.5) is 0 Å². The molecule has 0 unspecified atom stereocenters. The van der Waals surface area contributed by atoms with Crippen molar-refractivity contribution in [1.29, 1.82) is 0 Å². The summed E-state index contributed by atoms with van der Waals surface area (Å²) in [7, 11) is 3.07. The molecule has 19 heavy (non-hydrogen) atoms. The fourth-order valence-corrected chi connectivity index (χ4v) is 1.57. The molecule has 0 aliphatic heterocycles. The zero-order valence-corrected chi connectivity index (χ0v) is 12.4. The van der Waals surface area contributed by atoms with Gasteiger partial charge in [-0.3, -0.25) is 0 Å². The van der Waals surface area contributed by atoms with Crippen molar-refractivity contribution in [2.24, 2.45) is 21.7 Å². The number of nitrogens with two attached hydrogens (primary N) is 2. The monoisotopic (exact) mass is 306 g/mol. The van der Waals surface area contributed by atoms with Gasteiger partial charge in [0, 0.05) is 11.6 Å². The molecule has 0 spiro atoms. The first-order valence-electron chi connectivity index (χ1n) is 5.04. The third-order valence-corrected chi connectivity index (χ3v) is 2.47. The standard InChI is InChI=1S/C11H15ClN4O2.ClH/c1-6(15-16-11(13)14)7-4-8(12)10(18-3)5-9(7)17-2;/h4-5H,1-3H3,(H4,13,14,16);1H/b15-6+;. The Bertz CT molecular complexity index is 500. The van der Waals surface area contributed by atoms with Gasteiger partial charge in [-0.1, -0.05) is 11.6 Å². The summed E-state index contributed by atoms with van der Waals surface area (Å²) in [5.74, 6) is 0.975. The van der Waals surface area contributed by atoms with E-state index in [1.165, 1.54) is 7.11 Å². The van der Waals surface area contributed by atoms with Gasteiger partial charge in [0.25, 0.3) is 0 Å². The van der Waals surface area contributed by atoms with Crippen LogP contribution in [-0.4, -0.2) is 25.9 Å². The van der Waals surface area contributed by atoms with Crippen molar-refractivity contribution >= 4 is 35.7 Å². The largest absolute Gasteiger partial charge is 0.496 e. The summed E-state index contributed by atoms with van der Waals surface area (Å²) in [6.45, 7) is 1.74. The molecule has 0 fully saturated rings. The van der Waals surface area contributed by atoms with Crippen molar-refractivity contribution < 1.29 is 9.47 Å². The van der Waals surface area contributed by atoms with E-state index in [0.717, 1.165) is 0 Å². The zero-order chi connectivity index (χ0) is 13.7. The van der Waals surface area contributed by atoms with E-state index in [1.807, 2.05) is 0 Å². The average molecular weight is 307 g/mol. The minimum Gasteiger partial charge on any atom is -0.496 e. The Labute approximate surface area is 122 Å². The maximum absolute atomic E-state index is 6.04. The first kappa shape index (κ1) is 17.3. The highest BCUT2D eigenvalue weighted by Crippen LogP contribution is 2.32. The van der Waals surface area contributed by atoms with E-state index in [4.69, 9.17) is 32.5 Å². The average Bonchev–Trinajstić information content (AvgIpc) is 2.35. The van der Waals surface area contributed by atoms with Crippen LogP contribution < -0.4 is 20.9 Å². The molecule has 1 rings (SSSR count). The van der Waals surface area contributed by atoms with Gasteiger partial charge in [0.15, 0.2) is 0 Å². The molecular formula is C11H16Cl2N4O2. The van der Waals surface area contributed by atoms with Gasteiger partial charge < -0.3 is 20.9 Å². The molecule has 106 valence electrons. The van der Waals surface area contributed by atoms with Crippen molar-refractivity contribution in [2.75, 3.05) is 14.2 Å². The lowest BCUT2D eigenvalue weighted by atomic mass is 10.1. The molecule has 0 saturated carbocycles. The molecule has 8 heteroatoms. The van der Waals surface area contributed by atoms with Crippen LogP contribution >= 0.6 is 24.0 Å². The number of rotatable bonds is 4. The van der Waals surface area contributed by atoms with E-state index in [9.17, 15) is 0 Å². The Balaban J connectivity index is 0.00000324. The second-order valence-electron chi connectivity index (χ2n) is 3.40. The Morgan fingerprint density at radius 2 is 1.68 bits per heavy atom. The van der Waals surface area contributed by atoms with E-state index >= 15 is 0 Å². The number of nitrogens with zero attached hydrogens (tertiary/aromatic N) is 2. The summed E-state index contributed by atoms with van der Waals surface area (Å²) in [4.78, 5) is 0. The van der Waals surface area contributed by atoms with Crippen LogP contribution in [0, 0.1) is 0 Å². The van der Waals surface area contributed by atoms with Gasteiger partial charge in [-0.25, -0.2) is 0 Å². The molecule has 0 saturated heterocycles. The van der Waals surface area contributed by atoms with Crippen LogP contribution in [0.5, 0.6) is 11.5 Å². The Hall–Kier alpha value is -1.66. The van der Waals surface area contributed by atoms with E-state index in [2.05, 4.69) is 10.2 Å². The lowest BCUT2D eigenvalue weighted by Gasteiger charge is -2.11. The first-order chi connectivity index (χ1) is 8.49. The first-order valence-corrected chi connectivity index (χ1v) is 5.42. The molecule has 0 aromatic heterocycles. The second-order valence-corrected chi connectivity index (χ2v) is 3.80. The number of ether oxygens (including phenoxy) is 2. The number of halogens is 2. The van der Waals surface area contributed by atoms with Crippen LogP contribution in [0.3, 0.4) is 0 Å². The van der Waals surface area contributed by atoms with Crippen LogP contribution in [-0.2, 0) is 0 Å². The minimum absolute atomic E-state index is 0. The van der Waals surface area contributed by atoms with E-state index in [0.29, 0.717) is 27.8 Å². The molecule has 0 atom stereocenters. The zero-order valence-electron chi connectivity index (χ0n) is 10.8. The molecule has 0 aliphatic rings. The fraction of sp³-hybridized carbons (Fsp3) is 0.273. The number of benzene rings is 1. The smallest absolute Gasteiger partial charge is 0.211 e. The lowest BCUT2D eigenvalue weighted by molar-refractivity contribution is 0.394. The predicted octanol–water partition coefficient (Wildman–Crippen LogP) is 1.78. The molecule has 6 nitrogen and oxygen atoms in total. The topological polar surface area (TPSA) is 95.2 Å². The van der Waals surface area contributed by atoms with Gasteiger partial charge in [0.1, 0.15) is 11.5 Å². The van der Waals surface area contributed by atoms with Gasteiger partial charge >= 0.3 is 0 Å². The molecule has 4 N–H and O–H groups in total. The number of guanidine groups is 1. The van der Waals surface area contributed by atoms with Gasteiger partial charge in [0.2, 0.25) is 5.96 Å². The molecule has 0 amide bonds. The van der Waals surface area contributed by atoms with Crippen LogP contribution in [0.2, 0.25) is 5.02 Å². The van der Waals surface area contributed by atoms with E-state index < -0.39 is 0 Å². The van der Waals surface area contributed by atoms with Gasteiger partial charge in [-0.2, -0.15) is 5.10 Å². The number of hydrogen-bond donors (Lipinski definition) is 2. The van der Waals surface area contributed by atoms with E-state index in [-0.39, 0.29) is 18.4 Å². The SMILES string of the molecule is COc1cc(OC)c(/C(C)=N/N=C(N)N)cc1Cl.Cl. The molecular weight excluding hydrogens is 291 g/mol. The number of methoxy groups -OCH3 is 2. The minimum atomic E-state index is -0.118. The summed E-state index contributed by atoms with van der Waals surface area (Å²) in [5.41, 5.74) is 11.7. The molecule has 0 bridgehead atoms. The summed E-state index contributed by atoms with van der Waals surface area (Å²) < 4.78 is 10.3. The third kappa shape index (κ3) is 4.50. The molecule has 0 radical (unpaired) electrons. The maximum Gasteiger partial charge on any atom is 0.211 e. The highest BCUT2D eigenvalue weighted by Gasteiger charge is 2.12. The van der Waals surface area contributed by atoms with Gasteiger partial charge in [-0.15, -0.1) is 17.5 Å². The van der Waals surface area contributed by atoms with Crippen molar-refractivity contribution in [3.63, 3.8) is 0 Å². The van der Waals surface area contributed by atoms with Crippen LogP contribution in [0.15, 0.2) is 22.3 Å². The molecule has 0 aliphatic carbocycles. The van der Waals surface area contributed by atoms with Gasteiger partial charge in [-0.05, 0) is 13.0 Å². The van der Waals surface area contributed by atoms with Gasteiger partial charge in [0.05, 0.1) is 25.0 Å². The Kier molecular flexibility index (Phi) is 7.03. The van der Waals surface area contributed by atoms with Crippen molar-refractivity contribution in [1.82, 2.24) is 0 Å². The highest BCUT2D eigenvalue weighted by atomic mass is 35.5.